The molecule has 0 aliphatic rings. The van der Waals surface area contributed by atoms with E-state index in [1.165, 1.54) is 0 Å². The Labute approximate surface area is 106 Å². The fourth-order valence-corrected chi connectivity index (χ4v) is 2.69. The standard InChI is InChI=1S/C10H22N2O2S2/c1-2-7-14-10(13)3-5-12-6-9-16-15-8-4-11/h12H,2-9,11H2,1H3. The van der Waals surface area contributed by atoms with E-state index in [1.807, 2.05) is 17.7 Å². The molecule has 16 heavy (non-hydrogen) atoms. The van der Waals surface area contributed by atoms with Crippen LogP contribution in [0.1, 0.15) is 19.8 Å². The highest BCUT2D eigenvalue weighted by Crippen LogP contribution is 2.18. The average molecular weight is 266 g/mol. The van der Waals surface area contributed by atoms with Crippen LogP contribution >= 0.6 is 21.6 Å². The first-order valence-corrected chi connectivity index (χ1v) is 8.10. The van der Waals surface area contributed by atoms with E-state index in [4.69, 9.17) is 10.5 Å². The lowest BCUT2D eigenvalue weighted by atomic mass is 10.4. The van der Waals surface area contributed by atoms with Gasteiger partial charge >= 0.3 is 5.97 Å². The van der Waals surface area contributed by atoms with Crippen LogP contribution in [0.3, 0.4) is 0 Å². The molecule has 0 heterocycles. The number of carbonyl (C=O) groups is 1. The van der Waals surface area contributed by atoms with E-state index in [2.05, 4.69) is 5.32 Å². The minimum atomic E-state index is -0.112. The summed E-state index contributed by atoms with van der Waals surface area (Å²) in [6.07, 6.45) is 1.34. The minimum Gasteiger partial charge on any atom is -0.466 e. The zero-order valence-electron chi connectivity index (χ0n) is 9.87. The molecule has 3 N–H and O–H groups in total. The van der Waals surface area contributed by atoms with Gasteiger partial charge in [0.1, 0.15) is 0 Å². The lowest BCUT2D eigenvalue weighted by Crippen LogP contribution is -2.21. The molecule has 0 saturated carbocycles. The van der Waals surface area contributed by atoms with Crippen LogP contribution in [0.4, 0.5) is 0 Å². The average Bonchev–Trinajstić information content (AvgIpc) is 2.30. The summed E-state index contributed by atoms with van der Waals surface area (Å²) < 4.78 is 4.95. The number of hydrogen-bond acceptors (Lipinski definition) is 6. The summed E-state index contributed by atoms with van der Waals surface area (Å²) in [6, 6.07) is 0. The van der Waals surface area contributed by atoms with Crippen LogP contribution in [-0.4, -0.2) is 43.7 Å². The highest BCUT2D eigenvalue weighted by Gasteiger charge is 2.00. The van der Waals surface area contributed by atoms with Crippen molar-refractivity contribution in [3.63, 3.8) is 0 Å². The molecular weight excluding hydrogens is 244 g/mol. The fourth-order valence-electron chi connectivity index (χ4n) is 0.883. The van der Waals surface area contributed by atoms with Crippen LogP contribution in [0.15, 0.2) is 0 Å². The summed E-state index contributed by atoms with van der Waals surface area (Å²) in [5.74, 6) is 1.92. The summed E-state index contributed by atoms with van der Waals surface area (Å²) in [6.45, 7) is 4.87. The Bertz CT molecular complexity index is 171. The van der Waals surface area contributed by atoms with Gasteiger partial charge in [0.2, 0.25) is 0 Å². The first-order valence-electron chi connectivity index (χ1n) is 5.62. The topological polar surface area (TPSA) is 64.3 Å². The van der Waals surface area contributed by atoms with Crippen LogP contribution in [0.2, 0.25) is 0 Å². The molecule has 0 spiro atoms. The van der Waals surface area contributed by atoms with Crippen molar-refractivity contribution in [3.8, 4) is 0 Å². The summed E-state index contributed by atoms with van der Waals surface area (Å²) in [7, 11) is 3.60. The van der Waals surface area contributed by atoms with E-state index in [0.29, 0.717) is 19.6 Å². The van der Waals surface area contributed by atoms with Gasteiger partial charge in [0, 0.05) is 31.1 Å². The number of esters is 1. The van der Waals surface area contributed by atoms with Crippen molar-refractivity contribution in [2.24, 2.45) is 5.73 Å². The predicted molar refractivity (Wildman–Crippen MR) is 72.7 cm³/mol. The number of nitrogens with two attached hydrogens (primary N) is 1. The molecule has 0 aliphatic carbocycles. The number of rotatable bonds is 11. The van der Waals surface area contributed by atoms with E-state index >= 15 is 0 Å². The number of carbonyl (C=O) groups excluding carboxylic acids is 1. The van der Waals surface area contributed by atoms with Crippen molar-refractivity contribution >= 4 is 27.6 Å². The molecule has 0 rings (SSSR count). The summed E-state index contributed by atoms with van der Waals surface area (Å²) >= 11 is 0. The van der Waals surface area contributed by atoms with Crippen molar-refractivity contribution in [2.75, 3.05) is 37.7 Å². The van der Waals surface area contributed by atoms with Gasteiger partial charge in [-0.05, 0) is 6.42 Å². The first kappa shape index (κ1) is 16.1. The van der Waals surface area contributed by atoms with Crippen LogP contribution in [0, 0.1) is 0 Å². The highest BCUT2D eigenvalue weighted by atomic mass is 33.1. The SMILES string of the molecule is CCCOC(=O)CCNCCSSCCN. The van der Waals surface area contributed by atoms with Gasteiger partial charge in [-0.25, -0.2) is 0 Å². The molecule has 0 saturated heterocycles. The quantitative estimate of drug-likeness (QED) is 0.333. The maximum absolute atomic E-state index is 11.1. The van der Waals surface area contributed by atoms with Crippen molar-refractivity contribution in [1.82, 2.24) is 5.32 Å². The van der Waals surface area contributed by atoms with E-state index in [-0.39, 0.29) is 5.97 Å². The summed E-state index contributed by atoms with van der Waals surface area (Å²) in [4.78, 5) is 11.1. The largest absolute Gasteiger partial charge is 0.466 e. The van der Waals surface area contributed by atoms with E-state index < -0.39 is 0 Å². The molecule has 0 aromatic carbocycles. The third-order valence-electron chi connectivity index (χ3n) is 1.62. The molecule has 0 aromatic heterocycles. The molecule has 0 amide bonds. The molecule has 4 nitrogen and oxygen atoms in total. The Hall–Kier alpha value is 0.0900. The van der Waals surface area contributed by atoms with Gasteiger partial charge in [-0.15, -0.1) is 0 Å². The zero-order chi connectivity index (χ0) is 12.1. The summed E-state index contributed by atoms with van der Waals surface area (Å²) in [5.41, 5.74) is 5.36. The van der Waals surface area contributed by atoms with Gasteiger partial charge in [0.15, 0.2) is 0 Å². The van der Waals surface area contributed by atoms with Crippen molar-refractivity contribution in [3.05, 3.63) is 0 Å². The third kappa shape index (κ3) is 12.2. The fraction of sp³-hybridized carbons (Fsp3) is 0.900. The van der Waals surface area contributed by atoms with Gasteiger partial charge in [-0.2, -0.15) is 0 Å². The van der Waals surface area contributed by atoms with Crippen LogP contribution in [0.25, 0.3) is 0 Å². The number of hydrogen-bond donors (Lipinski definition) is 2. The second kappa shape index (κ2) is 13.2. The van der Waals surface area contributed by atoms with Crippen LogP contribution < -0.4 is 11.1 Å². The van der Waals surface area contributed by atoms with Crippen molar-refractivity contribution in [1.29, 1.82) is 0 Å². The van der Waals surface area contributed by atoms with Crippen LogP contribution in [0.5, 0.6) is 0 Å². The zero-order valence-corrected chi connectivity index (χ0v) is 11.5. The smallest absolute Gasteiger partial charge is 0.307 e. The molecular formula is C10H22N2O2S2. The maximum atomic E-state index is 11.1. The molecule has 96 valence electrons. The van der Waals surface area contributed by atoms with Crippen molar-refractivity contribution < 1.29 is 9.53 Å². The van der Waals surface area contributed by atoms with Gasteiger partial charge in [0.05, 0.1) is 13.0 Å². The predicted octanol–water partition coefficient (Wildman–Crippen LogP) is 1.26. The molecule has 0 bridgehead atoms. The van der Waals surface area contributed by atoms with Crippen LogP contribution in [-0.2, 0) is 9.53 Å². The van der Waals surface area contributed by atoms with E-state index in [1.54, 1.807) is 10.8 Å². The van der Waals surface area contributed by atoms with Gasteiger partial charge in [0.25, 0.3) is 0 Å². The highest BCUT2D eigenvalue weighted by molar-refractivity contribution is 8.76. The lowest BCUT2D eigenvalue weighted by Gasteiger charge is -2.04. The van der Waals surface area contributed by atoms with Gasteiger partial charge < -0.3 is 15.8 Å². The van der Waals surface area contributed by atoms with Gasteiger partial charge in [-0.1, -0.05) is 28.5 Å². The second-order valence-electron chi connectivity index (χ2n) is 3.15. The molecule has 6 heteroatoms. The Morgan fingerprint density at radius 1 is 1.31 bits per heavy atom. The maximum Gasteiger partial charge on any atom is 0.307 e. The van der Waals surface area contributed by atoms with E-state index in [9.17, 15) is 4.79 Å². The Balaban J connectivity index is 3.05. The van der Waals surface area contributed by atoms with Crippen molar-refractivity contribution in [2.45, 2.75) is 19.8 Å². The molecule has 0 unspecified atom stereocenters. The van der Waals surface area contributed by atoms with E-state index in [0.717, 1.165) is 31.0 Å². The monoisotopic (exact) mass is 266 g/mol. The third-order valence-corrected chi connectivity index (χ3v) is 4.06. The molecule has 0 aromatic rings. The first-order chi connectivity index (χ1) is 7.81. The molecule has 0 fully saturated rings. The normalized spacial score (nSPS) is 10.4. The molecule has 0 radical (unpaired) electrons. The van der Waals surface area contributed by atoms with Gasteiger partial charge in [-0.3, -0.25) is 4.79 Å². The Kier molecular flexibility index (Phi) is 13.2. The number of nitrogens with one attached hydrogen (secondary N) is 1. The summed E-state index contributed by atoms with van der Waals surface area (Å²) in [5, 5.41) is 3.20. The number of ether oxygens (including phenoxy) is 1. The minimum absolute atomic E-state index is 0.112. The second-order valence-corrected chi connectivity index (χ2v) is 5.86. The lowest BCUT2D eigenvalue weighted by molar-refractivity contribution is -0.143. The Morgan fingerprint density at radius 3 is 2.75 bits per heavy atom. The Morgan fingerprint density at radius 2 is 2.06 bits per heavy atom. The molecule has 0 atom stereocenters. The molecule has 0 aliphatic heterocycles.